The molecule has 1 aromatic rings. The van der Waals surface area contributed by atoms with Gasteiger partial charge in [0.15, 0.2) is 0 Å². The van der Waals surface area contributed by atoms with Crippen molar-refractivity contribution < 1.29 is 0 Å². The third-order valence-corrected chi connectivity index (χ3v) is 2.30. The maximum Gasteiger partial charge on any atom is 0.224 e. The third kappa shape index (κ3) is 2.20. The second-order valence-corrected chi connectivity index (χ2v) is 3.62. The van der Waals surface area contributed by atoms with Gasteiger partial charge >= 0.3 is 0 Å². The number of aryl methyl sites for hydroxylation is 1. The van der Waals surface area contributed by atoms with Crippen LogP contribution in [-0.4, -0.2) is 31.1 Å². The first-order chi connectivity index (χ1) is 6.56. The van der Waals surface area contributed by atoms with Crippen LogP contribution in [0.3, 0.4) is 0 Å². The Bertz CT molecular complexity index is 309. The molecule has 78 valence electrons. The van der Waals surface area contributed by atoms with Crippen molar-refractivity contribution in [3.63, 3.8) is 0 Å². The second-order valence-electron chi connectivity index (χ2n) is 3.62. The molecule has 1 unspecified atom stereocenters. The van der Waals surface area contributed by atoms with Gasteiger partial charge < -0.3 is 10.2 Å². The Morgan fingerprint density at radius 3 is 2.50 bits per heavy atom. The van der Waals surface area contributed by atoms with Crippen LogP contribution in [0.5, 0.6) is 0 Å². The molecular formula is C10H18N4. The van der Waals surface area contributed by atoms with Crippen molar-refractivity contribution in [2.45, 2.75) is 19.9 Å². The molecule has 14 heavy (non-hydrogen) atoms. The van der Waals surface area contributed by atoms with Gasteiger partial charge in [0.2, 0.25) is 5.95 Å². The van der Waals surface area contributed by atoms with E-state index in [1.807, 2.05) is 39.2 Å². The summed E-state index contributed by atoms with van der Waals surface area (Å²) >= 11 is 0. The fraction of sp³-hybridized carbons (Fsp3) is 0.600. The number of hydrogen-bond acceptors (Lipinski definition) is 4. The van der Waals surface area contributed by atoms with Gasteiger partial charge in [-0.3, -0.25) is 0 Å². The zero-order chi connectivity index (χ0) is 10.7. The maximum atomic E-state index is 4.42. The maximum absolute atomic E-state index is 4.42. The molecule has 4 nitrogen and oxygen atoms in total. The monoisotopic (exact) mass is 194 g/mol. The van der Waals surface area contributed by atoms with E-state index in [2.05, 4.69) is 22.2 Å². The van der Waals surface area contributed by atoms with Crippen LogP contribution in [0.2, 0.25) is 0 Å². The lowest BCUT2D eigenvalue weighted by Crippen LogP contribution is -2.18. The van der Waals surface area contributed by atoms with Gasteiger partial charge in [-0.2, -0.15) is 0 Å². The summed E-state index contributed by atoms with van der Waals surface area (Å²) in [5, 5.41) is 3.18. The molecule has 0 amide bonds. The molecule has 4 heteroatoms. The molecule has 0 fully saturated rings. The van der Waals surface area contributed by atoms with Gasteiger partial charge in [-0.15, -0.1) is 0 Å². The summed E-state index contributed by atoms with van der Waals surface area (Å²) in [5.41, 5.74) is 2.18. The molecule has 1 atom stereocenters. The Morgan fingerprint density at radius 1 is 1.43 bits per heavy atom. The number of nitrogens with zero attached hydrogens (tertiary/aromatic N) is 3. The van der Waals surface area contributed by atoms with E-state index >= 15 is 0 Å². The molecule has 0 spiro atoms. The zero-order valence-electron chi connectivity index (χ0n) is 9.50. The largest absolute Gasteiger partial charge is 0.347 e. The van der Waals surface area contributed by atoms with Crippen molar-refractivity contribution >= 4 is 5.95 Å². The van der Waals surface area contributed by atoms with E-state index in [9.17, 15) is 0 Å². The zero-order valence-corrected chi connectivity index (χ0v) is 9.50. The summed E-state index contributed by atoms with van der Waals surface area (Å²) in [4.78, 5) is 10.6. The van der Waals surface area contributed by atoms with Gasteiger partial charge in [-0.25, -0.2) is 9.97 Å². The third-order valence-electron chi connectivity index (χ3n) is 2.30. The topological polar surface area (TPSA) is 41.1 Å². The van der Waals surface area contributed by atoms with Crippen molar-refractivity contribution in [3.8, 4) is 0 Å². The predicted molar refractivity (Wildman–Crippen MR) is 58.6 cm³/mol. The fourth-order valence-electron chi connectivity index (χ4n) is 1.26. The molecule has 0 aliphatic carbocycles. The molecule has 1 aromatic heterocycles. The molecule has 0 bridgehead atoms. The summed E-state index contributed by atoms with van der Waals surface area (Å²) in [7, 11) is 5.82. The summed E-state index contributed by atoms with van der Waals surface area (Å²) in [6, 6.07) is 0.297. The highest BCUT2D eigenvalue weighted by molar-refractivity contribution is 5.31. The van der Waals surface area contributed by atoms with E-state index in [0.717, 1.165) is 17.2 Å². The number of nitrogens with one attached hydrogen (secondary N) is 1. The highest BCUT2D eigenvalue weighted by Crippen LogP contribution is 2.15. The first-order valence-corrected chi connectivity index (χ1v) is 4.74. The van der Waals surface area contributed by atoms with Crippen LogP contribution in [-0.2, 0) is 0 Å². The summed E-state index contributed by atoms with van der Waals surface area (Å²) in [6.45, 7) is 4.11. The minimum Gasteiger partial charge on any atom is -0.347 e. The minimum atomic E-state index is 0.297. The standard InChI is InChI=1S/C10H18N4/c1-7(11-3)9-6-12-10(14(4)5)13-8(9)2/h6-7,11H,1-5H3. The van der Waals surface area contributed by atoms with Crippen molar-refractivity contribution in [1.82, 2.24) is 15.3 Å². The molecule has 1 N–H and O–H groups in total. The Kier molecular flexibility index (Phi) is 3.41. The van der Waals surface area contributed by atoms with E-state index in [-0.39, 0.29) is 0 Å². The highest BCUT2D eigenvalue weighted by atomic mass is 15.2. The van der Waals surface area contributed by atoms with E-state index in [1.165, 1.54) is 0 Å². The number of hydrogen-bond donors (Lipinski definition) is 1. The Labute approximate surface area is 85.4 Å². The quantitative estimate of drug-likeness (QED) is 0.783. The summed E-state index contributed by atoms with van der Waals surface area (Å²) in [6.07, 6.45) is 1.89. The minimum absolute atomic E-state index is 0.297. The average Bonchev–Trinajstić information content (AvgIpc) is 2.16. The molecule has 0 saturated heterocycles. The number of anilines is 1. The predicted octanol–water partition coefficient (Wildman–Crippen LogP) is 1.13. The molecule has 1 rings (SSSR count). The lowest BCUT2D eigenvalue weighted by atomic mass is 10.1. The van der Waals surface area contributed by atoms with Gasteiger partial charge in [-0.1, -0.05) is 0 Å². The number of rotatable bonds is 3. The Morgan fingerprint density at radius 2 is 2.07 bits per heavy atom. The van der Waals surface area contributed by atoms with Crippen LogP contribution in [0.25, 0.3) is 0 Å². The highest BCUT2D eigenvalue weighted by Gasteiger charge is 2.09. The Hall–Kier alpha value is -1.16. The van der Waals surface area contributed by atoms with E-state index in [1.54, 1.807) is 0 Å². The van der Waals surface area contributed by atoms with Crippen LogP contribution in [0, 0.1) is 6.92 Å². The van der Waals surface area contributed by atoms with Gasteiger partial charge in [-0.05, 0) is 20.9 Å². The van der Waals surface area contributed by atoms with Crippen molar-refractivity contribution in [1.29, 1.82) is 0 Å². The van der Waals surface area contributed by atoms with Crippen LogP contribution < -0.4 is 10.2 Å². The van der Waals surface area contributed by atoms with Gasteiger partial charge in [0.05, 0.1) is 0 Å². The van der Waals surface area contributed by atoms with Crippen molar-refractivity contribution in [2.75, 3.05) is 26.0 Å². The van der Waals surface area contributed by atoms with Crippen molar-refractivity contribution in [3.05, 3.63) is 17.5 Å². The Balaban J connectivity index is 3.01. The van der Waals surface area contributed by atoms with Gasteiger partial charge in [0, 0.05) is 37.6 Å². The first-order valence-electron chi connectivity index (χ1n) is 4.74. The van der Waals surface area contributed by atoms with E-state index < -0.39 is 0 Å². The van der Waals surface area contributed by atoms with E-state index in [0.29, 0.717) is 6.04 Å². The molecular weight excluding hydrogens is 176 g/mol. The number of aromatic nitrogens is 2. The molecule has 0 aliphatic rings. The van der Waals surface area contributed by atoms with Crippen LogP contribution >= 0.6 is 0 Å². The van der Waals surface area contributed by atoms with Crippen LogP contribution in [0.15, 0.2) is 6.20 Å². The normalized spacial score (nSPS) is 12.6. The molecule has 0 aliphatic heterocycles. The average molecular weight is 194 g/mol. The van der Waals surface area contributed by atoms with Gasteiger partial charge in [0.25, 0.3) is 0 Å². The fourth-order valence-corrected chi connectivity index (χ4v) is 1.26. The smallest absolute Gasteiger partial charge is 0.224 e. The molecule has 0 aromatic carbocycles. The SMILES string of the molecule is CNC(C)c1cnc(N(C)C)nc1C. The summed E-state index contributed by atoms with van der Waals surface area (Å²) < 4.78 is 0. The van der Waals surface area contributed by atoms with Crippen LogP contribution in [0.1, 0.15) is 24.2 Å². The first kappa shape index (κ1) is 10.9. The van der Waals surface area contributed by atoms with E-state index in [4.69, 9.17) is 0 Å². The van der Waals surface area contributed by atoms with Crippen LogP contribution in [0.4, 0.5) is 5.95 Å². The lowest BCUT2D eigenvalue weighted by molar-refractivity contribution is 0.640. The summed E-state index contributed by atoms with van der Waals surface area (Å²) in [5.74, 6) is 0.759. The lowest BCUT2D eigenvalue weighted by Gasteiger charge is -2.15. The van der Waals surface area contributed by atoms with Gasteiger partial charge in [0.1, 0.15) is 0 Å². The molecule has 1 heterocycles. The molecule has 0 radical (unpaired) electrons. The van der Waals surface area contributed by atoms with Crippen molar-refractivity contribution in [2.24, 2.45) is 0 Å². The molecule has 0 saturated carbocycles. The second kappa shape index (κ2) is 4.37.